The van der Waals surface area contributed by atoms with Crippen LogP contribution in [0.25, 0.3) is 0 Å². The maximum absolute atomic E-state index is 12.5. The van der Waals surface area contributed by atoms with Gasteiger partial charge in [-0.3, -0.25) is 4.68 Å². The molecule has 2 rings (SSSR count). The lowest BCUT2D eigenvalue weighted by Crippen LogP contribution is -2.27. The summed E-state index contributed by atoms with van der Waals surface area (Å²) >= 11 is 0. The van der Waals surface area contributed by atoms with Crippen molar-refractivity contribution in [1.82, 2.24) is 19.4 Å². The summed E-state index contributed by atoms with van der Waals surface area (Å²) in [6.07, 6.45) is 2.50. The van der Waals surface area contributed by atoms with Crippen molar-refractivity contribution in [3.05, 3.63) is 11.4 Å². The molecule has 1 heterocycles. The molecule has 6 nitrogen and oxygen atoms in total. The van der Waals surface area contributed by atoms with Crippen LogP contribution < -0.4 is 5.32 Å². The van der Waals surface area contributed by atoms with E-state index in [0.717, 1.165) is 12.2 Å². The lowest BCUT2D eigenvalue weighted by Gasteiger charge is -2.15. The maximum Gasteiger partial charge on any atom is 0.246 e. The zero-order valence-electron chi connectivity index (χ0n) is 12.7. The summed E-state index contributed by atoms with van der Waals surface area (Å²) in [5.74, 6) is 0. The van der Waals surface area contributed by atoms with Crippen LogP contribution >= 0.6 is 0 Å². The molecule has 0 amide bonds. The van der Waals surface area contributed by atoms with Crippen LogP contribution in [0.3, 0.4) is 0 Å². The Morgan fingerprint density at radius 1 is 1.40 bits per heavy atom. The summed E-state index contributed by atoms with van der Waals surface area (Å²) in [5, 5.41) is 7.79. The van der Waals surface area contributed by atoms with Crippen LogP contribution in [0.2, 0.25) is 0 Å². The molecule has 1 fully saturated rings. The third kappa shape index (κ3) is 3.05. The third-order valence-corrected chi connectivity index (χ3v) is 5.95. The summed E-state index contributed by atoms with van der Waals surface area (Å²) < 4.78 is 28.1. The van der Waals surface area contributed by atoms with Gasteiger partial charge >= 0.3 is 0 Å². The molecule has 1 N–H and O–H groups in total. The van der Waals surface area contributed by atoms with Crippen LogP contribution in [0.4, 0.5) is 0 Å². The highest BCUT2D eigenvalue weighted by Crippen LogP contribution is 2.23. The van der Waals surface area contributed by atoms with Crippen molar-refractivity contribution in [3.63, 3.8) is 0 Å². The molecule has 20 heavy (non-hydrogen) atoms. The van der Waals surface area contributed by atoms with E-state index < -0.39 is 10.0 Å². The standard InChI is InChI=1S/C13H24N4O2S/c1-5-16(4)20(18,19)13-10(2)15-17(11(13)3)9-8-14-12-6-7-12/h12,14H,5-9H2,1-4H3. The first kappa shape index (κ1) is 15.5. The number of sulfonamides is 1. The fourth-order valence-electron chi connectivity index (χ4n) is 2.26. The Morgan fingerprint density at radius 3 is 2.60 bits per heavy atom. The molecule has 0 saturated heterocycles. The molecule has 0 atom stereocenters. The monoisotopic (exact) mass is 300 g/mol. The molecule has 0 aliphatic heterocycles. The summed E-state index contributed by atoms with van der Waals surface area (Å²) in [4.78, 5) is 0.355. The summed E-state index contributed by atoms with van der Waals surface area (Å²) in [6.45, 7) is 7.40. The molecule has 114 valence electrons. The van der Waals surface area contributed by atoms with Gasteiger partial charge in [0.1, 0.15) is 4.90 Å². The first-order chi connectivity index (χ1) is 9.37. The van der Waals surface area contributed by atoms with Crippen LogP contribution in [-0.2, 0) is 16.6 Å². The van der Waals surface area contributed by atoms with Crippen LogP contribution in [0, 0.1) is 13.8 Å². The topological polar surface area (TPSA) is 67.2 Å². The van der Waals surface area contributed by atoms with Gasteiger partial charge in [-0.1, -0.05) is 6.92 Å². The van der Waals surface area contributed by atoms with Gasteiger partial charge in [0.05, 0.1) is 17.9 Å². The number of rotatable bonds is 7. The SMILES string of the molecule is CCN(C)S(=O)(=O)c1c(C)nn(CCNC2CC2)c1C. The molecule has 7 heteroatoms. The van der Waals surface area contributed by atoms with E-state index in [4.69, 9.17) is 0 Å². The first-order valence-corrected chi connectivity index (χ1v) is 8.55. The van der Waals surface area contributed by atoms with E-state index in [2.05, 4.69) is 10.4 Å². The van der Waals surface area contributed by atoms with Crippen molar-refractivity contribution in [2.45, 2.75) is 51.1 Å². The predicted molar refractivity (Wildman–Crippen MR) is 78.2 cm³/mol. The van der Waals surface area contributed by atoms with E-state index in [1.54, 1.807) is 18.7 Å². The Labute approximate surface area is 121 Å². The molecule has 0 aromatic carbocycles. The minimum absolute atomic E-state index is 0.355. The van der Waals surface area contributed by atoms with Gasteiger partial charge in [-0.2, -0.15) is 5.10 Å². The first-order valence-electron chi connectivity index (χ1n) is 7.11. The van der Waals surface area contributed by atoms with E-state index in [1.165, 1.54) is 17.1 Å². The molecular weight excluding hydrogens is 276 g/mol. The average molecular weight is 300 g/mol. The number of aryl methyl sites for hydroxylation is 1. The number of hydrogen-bond acceptors (Lipinski definition) is 4. The van der Waals surface area contributed by atoms with Crippen molar-refractivity contribution in [2.75, 3.05) is 20.1 Å². The van der Waals surface area contributed by atoms with Gasteiger partial charge in [-0.05, 0) is 26.7 Å². The third-order valence-electron chi connectivity index (χ3n) is 3.76. The molecule has 1 aromatic heterocycles. The van der Waals surface area contributed by atoms with Crippen molar-refractivity contribution >= 4 is 10.0 Å². The zero-order valence-corrected chi connectivity index (χ0v) is 13.5. The molecule has 0 unspecified atom stereocenters. The van der Waals surface area contributed by atoms with Crippen LogP contribution in [-0.4, -0.2) is 48.7 Å². The Hall–Kier alpha value is -0.920. The molecule has 1 aliphatic carbocycles. The fraction of sp³-hybridized carbons (Fsp3) is 0.769. The Balaban J connectivity index is 2.19. The lowest BCUT2D eigenvalue weighted by atomic mass is 10.4. The van der Waals surface area contributed by atoms with Gasteiger partial charge in [0.25, 0.3) is 0 Å². The number of nitrogens with one attached hydrogen (secondary N) is 1. The second-order valence-corrected chi connectivity index (χ2v) is 7.35. The van der Waals surface area contributed by atoms with Gasteiger partial charge < -0.3 is 5.32 Å². The van der Waals surface area contributed by atoms with Gasteiger partial charge in [-0.25, -0.2) is 12.7 Å². The van der Waals surface area contributed by atoms with Crippen molar-refractivity contribution in [2.24, 2.45) is 0 Å². The largest absolute Gasteiger partial charge is 0.312 e. The normalized spacial score (nSPS) is 16.1. The van der Waals surface area contributed by atoms with E-state index >= 15 is 0 Å². The van der Waals surface area contributed by atoms with Crippen molar-refractivity contribution < 1.29 is 8.42 Å². The highest BCUT2D eigenvalue weighted by molar-refractivity contribution is 7.89. The predicted octanol–water partition coefficient (Wildman–Crippen LogP) is 0.892. The van der Waals surface area contributed by atoms with Gasteiger partial charge in [0.15, 0.2) is 0 Å². The van der Waals surface area contributed by atoms with E-state index in [9.17, 15) is 8.42 Å². The molecular formula is C13H24N4O2S. The van der Waals surface area contributed by atoms with E-state index in [0.29, 0.717) is 29.7 Å². The fourth-order valence-corrected chi connectivity index (χ4v) is 3.80. The minimum atomic E-state index is -3.43. The van der Waals surface area contributed by atoms with Crippen LogP contribution in [0.5, 0.6) is 0 Å². The number of hydrogen-bond donors (Lipinski definition) is 1. The Kier molecular flexibility index (Phi) is 4.51. The quantitative estimate of drug-likeness (QED) is 0.812. The molecule has 1 saturated carbocycles. The number of nitrogens with zero attached hydrogens (tertiary/aromatic N) is 3. The maximum atomic E-state index is 12.5. The molecule has 0 bridgehead atoms. The molecule has 1 aliphatic rings. The van der Waals surface area contributed by atoms with Gasteiger partial charge in [0.2, 0.25) is 10.0 Å². The lowest BCUT2D eigenvalue weighted by molar-refractivity contribution is 0.484. The Bertz CT molecular complexity index is 575. The summed E-state index contributed by atoms with van der Waals surface area (Å²) in [5.41, 5.74) is 1.30. The molecule has 0 radical (unpaired) electrons. The second-order valence-electron chi connectivity index (χ2n) is 5.37. The smallest absolute Gasteiger partial charge is 0.246 e. The van der Waals surface area contributed by atoms with E-state index in [-0.39, 0.29) is 0 Å². The van der Waals surface area contributed by atoms with Gasteiger partial charge in [0, 0.05) is 26.2 Å². The summed E-state index contributed by atoms with van der Waals surface area (Å²) in [7, 11) is -1.83. The molecule has 1 aromatic rings. The van der Waals surface area contributed by atoms with E-state index in [1.807, 2.05) is 13.8 Å². The van der Waals surface area contributed by atoms with Gasteiger partial charge in [-0.15, -0.1) is 0 Å². The van der Waals surface area contributed by atoms with Crippen molar-refractivity contribution in [1.29, 1.82) is 0 Å². The second kappa shape index (κ2) is 5.83. The Morgan fingerprint density at radius 2 is 2.05 bits per heavy atom. The highest BCUT2D eigenvalue weighted by Gasteiger charge is 2.28. The minimum Gasteiger partial charge on any atom is -0.312 e. The van der Waals surface area contributed by atoms with Crippen molar-refractivity contribution in [3.8, 4) is 0 Å². The van der Waals surface area contributed by atoms with Crippen LogP contribution in [0.15, 0.2) is 4.90 Å². The summed E-state index contributed by atoms with van der Waals surface area (Å²) in [6, 6.07) is 0.654. The van der Waals surface area contributed by atoms with Crippen LogP contribution in [0.1, 0.15) is 31.2 Å². The number of aromatic nitrogens is 2. The zero-order chi connectivity index (χ0) is 14.9. The molecule has 0 spiro atoms. The average Bonchev–Trinajstić information content (AvgIpc) is 3.15. The highest BCUT2D eigenvalue weighted by atomic mass is 32.2.